The Morgan fingerprint density at radius 2 is 2.18 bits per heavy atom. The molecule has 1 saturated heterocycles. The molecule has 0 bridgehead atoms. The van der Waals surface area contributed by atoms with Gasteiger partial charge in [-0.05, 0) is 19.8 Å². The summed E-state index contributed by atoms with van der Waals surface area (Å²) in [6.45, 7) is 2.48. The predicted molar refractivity (Wildman–Crippen MR) is 68.5 cm³/mol. The Morgan fingerprint density at radius 1 is 1.59 bits per heavy atom. The van der Waals surface area contributed by atoms with E-state index in [0.717, 1.165) is 12.8 Å². The second kappa shape index (κ2) is 6.53. The van der Waals surface area contributed by atoms with E-state index in [1.807, 2.05) is 0 Å². The first-order valence-electron chi connectivity index (χ1n) is 5.32. The molecule has 0 spiro atoms. The van der Waals surface area contributed by atoms with Crippen LogP contribution in [0.2, 0.25) is 0 Å². The molecular formula is C9H20ClN3O3S. The Bertz CT molecular complexity index is 358. The van der Waals surface area contributed by atoms with Crippen molar-refractivity contribution >= 4 is 28.3 Å². The molecule has 2 atom stereocenters. The molecule has 102 valence electrons. The maximum absolute atomic E-state index is 11.4. The first-order chi connectivity index (χ1) is 7.32. The zero-order valence-corrected chi connectivity index (χ0v) is 11.7. The Hall–Kier alpha value is -0.370. The summed E-state index contributed by atoms with van der Waals surface area (Å²) < 4.78 is 24.3. The number of carbonyl (C=O) groups excluding carboxylic acids is 1. The van der Waals surface area contributed by atoms with Crippen molar-refractivity contribution in [2.75, 3.05) is 19.3 Å². The zero-order chi connectivity index (χ0) is 12.3. The Balaban J connectivity index is 0.00000256. The van der Waals surface area contributed by atoms with Crippen molar-refractivity contribution in [3.05, 3.63) is 0 Å². The molecule has 1 heterocycles. The minimum absolute atomic E-state index is 0. The van der Waals surface area contributed by atoms with Gasteiger partial charge < -0.3 is 11.1 Å². The number of halogens is 1. The third kappa shape index (κ3) is 4.79. The molecule has 1 aliphatic rings. The third-order valence-electron chi connectivity index (χ3n) is 2.67. The van der Waals surface area contributed by atoms with E-state index >= 15 is 0 Å². The normalized spacial score (nSPS) is 22.9. The summed E-state index contributed by atoms with van der Waals surface area (Å²) in [5.74, 6) is -0.250. The highest BCUT2D eigenvalue weighted by atomic mass is 35.5. The van der Waals surface area contributed by atoms with Gasteiger partial charge in [0, 0.05) is 19.1 Å². The average molecular weight is 286 g/mol. The fraction of sp³-hybridized carbons (Fsp3) is 0.889. The van der Waals surface area contributed by atoms with Crippen molar-refractivity contribution in [1.82, 2.24) is 9.62 Å². The molecule has 1 rings (SSSR count). The smallest absolute Gasteiger partial charge is 0.236 e. The third-order valence-corrected chi connectivity index (χ3v) is 4.01. The lowest BCUT2D eigenvalue weighted by Gasteiger charge is -2.22. The van der Waals surface area contributed by atoms with Crippen LogP contribution in [0.5, 0.6) is 0 Å². The lowest BCUT2D eigenvalue weighted by molar-refractivity contribution is -0.122. The van der Waals surface area contributed by atoms with Crippen LogP contribution < -0.4 is 11.1 Å². The van der Waals surface area contributed by atoms with Crippen LogP contribution in [0, 0.1) is 0 Å². The summed E-state index contributed by atoms with van der Waals surface area (Å²) in [7, 11) is -3.17. The minimum atomic E-state index is -3.17. The van der Waals surface area contributed by atoms with Crippen molar-refractivity contribution in [1.29, 1.82) is 0 Å². The molecular weight excluding hydrogens is 266 g/mol. The number of hydrogen-bond donors (Lipinski definition) is 2. The maximum atomic E-state index is 11.4. The fourth-order valence-electron chi connectivity index (χ4n) is 1.83. The second-order valence-corrected chi connectivity index (χ2v) is 6.14. The lowest BCUT2D eigenvalue weighted by Crippen LogP contribution is -2.46. The number of nitrogens with zero attached hydrogens (tertiary/aromatic N) is 1. The van der Waals surface area contributed by atoms with Gasteiger partial charge in [-0.2, -0.15) is 4.31 Å². The SMILES string of the molecule is C[C@@H](N)C(=O)NC[C@H]1CCCN1S(C)(=O)=O.Cl. The minimum Gasteiger partial charge on any atom is -0.353 e. The van der Waals surface area contributed by atoms with Gasteiger partial charge >= 0.3 is 0 Å². The molecule has 0 aromatic heterocycles. The Kier molecular flexibility index (Phi) is 6.39. The largest absolute Gasteiger partial charge is 0.353 e. The molecule has 1 aliphatic heterocycles. The van der Waals surface area contributed by atoms with Gasteiger partial charge in [-0.1, -0.05) is 0 Å². The quantitative estimate of drug-likeness (QED) is 0.714. The Labute approximate surface area is 108 Å². The number of nitrogens with two attached hydrogens (primary N) is 1. The number of amides is 1. The lowest BCUT2D eigenvalue weighted by atomic mass is 10.2. The molecule has 0 radical (unpaired) electrons. The number of hydrogen-bond acceptors (Lipinski definition) is 4. The highest BCUT2D eigenvalue weighted by Crippen LogP contribution is 2.19. The van der Waals surface area contributed by atoms with Gasteiger partial charge in [0.1, 0.15) is 0 Å². The molecule has 0 aliphatic carbocycles. The van der Waals surface area contributed by atoms with Gasteiger partial charge in [0.15, 0.2) is 0 Å². The fourth-order valence-corrected chi connectivity index (χ4v) is 3.01. The van der Waals surface area contributed by atoms with E-state index in [9.17, 15) is 13.2 Å². The van der Waals surface area contributed by atoms with Gasteiger partial charge in [-0.15, -0.1) is 12.4 Å². The van der Waals surface area contributed by atoms with Crippen molar-refractivity contribution in [2.24, 2.45) is 5.73 Å². The van der Waals surface area contributed by atoms with Gasteiger partial charge in [-0.25, -0.2) is 8.42 Å². The van der Waals surface area contributed by atoms with E-state index in [1.165, 1.54) is 10.6 Å². The standard InChI is InChI=1S/C9H19N3O3S.ClH/c1-7(10)9(13)11-6-8-4-3-5-12(8)16(2,14)15;/h7-8H,3-6,10H2,1-2H3,(H,11,13);1H/t7-,8-;/m1./s1. The van der Waals surface area contributed by atoms with E-state index in [4.69, 9.17) is 5.73 Å². The molecule has 0 aromatic carbocycles. The average Bonchev–Trinajstić information content (AvgIpc) is 2.60. The molecule has 17 heavy (non-hydrogen) atoms. The van der Waals surface area contributed by atoms with Crippen molar-refractivity contribution in [3.63, 3.8) is 0 Å². The summed E-state index contributed by atoms with van der Waals surface area (Å²) in [5.41, 5.74) is 5.40. The van der Waals surface area contributed by atoms with E-state index in [2.05, 4.69) is 5.32 Å². The highest BCUT2D eigenvalue weighted by molar-refractivity contribution is 7.88. The van der Waals surface area contributed by atoms with Crippen LogP contribution in [0.1, 0.15) is 19.8 Å². The molecule has 1 amide bonds. The monoisotopic (exact) mass is 285 g/mol. The first-order valence-corrected chi connectivity index (χ1v) is 7.17. The van der Waals surface area contributed by atoms with E-state index in [1.54, 1.807) is 6.92 Å². The molecule has 3 N–H and O–H groups in total. The van der Waals surface area contributed by atoms with Crippen LogP contribution in [0.3, 0.4) is 0 Å². The molecule has 0 unspecified atom stereocenters. The van der Waals surface area contributed by atoms with Gasteiger partial charge in [0.05, 0.1) is 12.3 Å². The topological polar surface area (TPSA) is 92.5 Å². The molecule has 8 heteroatoms. The summed E-state index contributed by atoms with van der Waals surface area (Å²) in [6, 6.07) is -0.689. The number of nitrogens with one attached hydrogen (secondary N) is 1. The molecule has 0 saturated carbocycles. The van der Waals surface area contributed by atoms with E-state index in [0.29, 0.717) is 13.1 Å². The van der Waals surface area contributed by atoms with Gasteiger partial charge in [-0.3, -0.25) is 4.79 Å². The molecule has 0 aromatic rings. The van der Waals surface area contributed by atoms with Gasteiger partial charge in [0.25, 0.3) is 0 Å². The van der Waals surface area contributed by atoms with Crippen molar-refractivity contribution < 1.29 is 13.2 Å². The zero-order valence-electron chi connectivity index (χ0n) is 10.0. The molecule has 1 fully saturated rings. The summed E-state index contributed by atoms with van der Waals surface area (Å²) in [6.07, 6.45) is 2.82. The summed E-state index contributed by atoms with van der Waals surface area (Å²) in [5, 5.41) is 2.66. The summed E-state index contributed by atoms with van der Waals surface area (Å²) in [4.78, 5) is 11.3. The van der Waals surface area contributed by atoms with Crippen LogP contribution in [-0.4, -0.2) is 50.1 Å². The van der Waals surface area contributed by atoms with Crippen LogP contribution in [0.15, 0.2) is 0 Å². The number of rotatable bonds is 4. The van der Waals surface area contributed by atoms with Crippen molar-refractivity contribution in [3.8, 4) is 0 Å². The number of sulfonamides is 1. The number of carbonyl (C=O) groups is 1. The van der Waals surface area contributed by atoms with Crippen LogP contribution in [0.4, 0.5) is 0 Å². The van der Waals surface area contributed by atoms with Crippen molar-refractivity contribution in [2.45, 2.75) is 31.8 Å². The van der Waals surface area contributed by atoms with Crippen LogP contribution in [0.25, 0.3) is 0 Å². The highest BCUT2D eigenvalue weighted by Gasteiger charge is 2.31. The first kappa shape index (κ1) is 16.6. The predicted octanol–water partition coefficient (Wildman–Crippen LogP) is -0.704. The van der Waals surface area contributed by atoms with E-state index < -0.39 is 16.1 Å². The van der Waals surface area contributed by atoms with Gasteiger partial charge in [0.2, 0.25) is 15.9 Å². The Morgan fingerprint density at radius 3 is 2.65 bits per heavy atom. The summed E-state index contributed by atoms with van der Waals surface area (Å²) >= 11 is 0. The second-order valence-electron chi connectivity index (χ2n) is 4.20. The van der Waals surface area contributed by atoms with Crippen LogP contribution in [-0.2, 0) is 14.8 Å². The van der Waals surface area contributed by atoms with Crippen LogP contribution >= 0.6 is 12.4 Å². The van der Waals surface area contributed by atoms with E-state index in [-0.39, 0.29) is 24.4 Å². The maximum Gasteiger partial charge on any atom is 0.236 e. The molecule has 6 nitrogen and oxygen atoms in total.